The smallest absolute Gasteiger partial charge is 0.229 e. The van der Waals surface area contributed by atoms with E-state index in [1.807, 2.05) is 13.8 Å². The van der Waals surface area contributed by atoms with Crippen molar-refractivity contribution < 1.29 is 19.1 Å². The molecule has 1 aromatic carbocycles. The van der Waals surface area contributed by atoms with Crippen LogP contribution in [0.5, 0.6) is 11.5 Å². The van der Waals surface area contributed by atoms with Gasteiger partial charge in [-0.15, -0.1) is 0 Å². The number of hydrogen-bond donors (Lipinski definition) is 1. The van der Waals surface area contributed by atoms with Crippen molar-refractivity contribution in [3.05, 3.63) is 35.5 Å². The van der Waals surface area contributed by atoms with E-state index >= 15 is 0 Å². The average Bonchev–Trinajstić information content (AvgIpc) is 2.93. The van der Waals surface area contributed by atoms with Crippen LogP contribution in [0.25, 0.3) is 0 Å². The van der Waals surface area contributed by atoms with Crippen LogP contribution < -0.4 is 9.47 Å². The zero-order chi connectivity index (χ0) is 15.4. The second-order valence-electron chi connectivity index (χ2n) is 5.07. The molecule has 0 aliphatic carbocycles. The second kappa shape index (κ2) is 6.58. The molecule has 0 aliphatic rings. The van der Waals surface area contributed by atoms with Crippen molar-refractivity contribution in [3.8, 4) is 11.5 Å². The number of aliphatic hydroxyl groups is 1. The molecule has 0 spiro atoms. The highest BCUT2D eigenvalue weighted by atomic mass is 16.5. The minimum absolute atomic E-state index is 0.170. The molecule has 2 aromatic rings. The summed E-state index contributed by atoms with van der Waals surface area (Å²) >= 11 is 0. The quantitative estimate of drug-likeness (QED) is 0.882. The number of benzene rings is 1. The largest absolute Gasteiger partial charge is 0.497 e. The topological polar surface area (TPSA) is 77.6 Å². The van der Waals surface area contributed by atoms with Gasteiger partial charge in [-0.1, -0.05) is 19.0 Å². The first-order valence-corrected chi connectivity index (χ1v) is 6.82. The Labute approximate surface area is 123 Å². The number of ether oxygens (including phenoxy) is 2. The normalized spacial score (nSPS) is 12.5. The number of hydrogen-bond acceptors (Lipinski definition) is 6. The van der Waals surface area contributed by atoms with Gasteiger partial charge in [0.25, 0.3) is 0 Å². The highest BCUT2D eigenvalue weighted by molar-refractivity contribution is 5.41. The summed E-state index contributed by atoms with van der Waals surface area (Å²) in [6.07, 6.45) is -0.637. The van der Waals surface area contributed by atoms with E-state index in [2.05, 4.69) is 10.1 Å². The Morgan fingerprint density at radius 1 is 1.29 bits per heavy atom. The molecule has 0 saturated heterocycles. The second-order valence-corrected chi connectivity index (χ2v) is 5.07. The molecule has 2 rings (SSSR count). The minimum Gasteiger partial charge on any atom is -0.497 e. The molecule has 6 nitrogen and oxygen atoms in total. The Bertz CT molecular complexity index is 593. The Morgan fingerprint density at radius 2 is 2.05 bits per heavy atom. The van der Waals surface area contributed by atoms with Crippen molar-refractivity contribution in [1.82, 2.24) is 10.1 Å². The van der Waals surface area contributed by atoms with Gasteiger partial charge in [0, 0.05) is 17.5 Å². The van der Waals surface area contributed by atoms with Gasteiger partial charge in [0.15, 0.2) is 6.61 Å². The van der Waals surface area contributed by atoms with Crippen LogP contribution in [0.2, 0.25) is 0 Å². The van der Waals surface area contributed by atoms with Crippen LogP contribution in [0.3, 0.4) is 0 Å². The summed E-state index contributed by atoms with van der Waals surface area (Å²) in [5, 5.41) is 13.6. The number of methoxy groups -OCH3 is 1. The van der Waals surface area contributed by atoms with Crippen LogP contribution in [-0.4, -0.2) is 22.4 Å². The molecule has 1 N–H and O–H groups in total. The van der Waals surface area contributed by atoms with Gasteiger partial charge >= 0.3 is 0 Å². The van der Waals surface area contributed by atoms with E-state index in [1.54, 1.807) is 32.2 Å². The number of aromatic nitrogens is 2. The number of rotatable bonds is 6. The Hall–Kier alpha value is -2.08. The van der Waals surface area contributed by atoms with Crippen LogP contribution in [0.4, 0.5) is 0 Å². The lowest BCUT2D eigenvalue weighted by molar-refractivity contribution is 0.189. The first-order valence-electron chi connectivity index (χ1n) is 6.82. The maximum Gasteiger partial charge on any atom is 0.229 e. The molecule has 0 radical (unpaired) electrons. The fraction of sp³-hybridized carbons (Fsp3) is 0.467. The standard InChI is InChI=1S/C15H20N2O4/c1-9(2)15-16-14(17-21-15)8-20-13-7-11(19-4)5-6-12(13)10(3)18/h5-7,9-10,18H,8H2,1-4H3/t10-/m0/s1. The van der Waals surface area contributed by atoms with E-state index in [0.29, 0.717) is 28.8 Å². The van der Waals surface area contributed by atoms with Crippen molar-refractivity contribution in [2.24, 2.45) is 0 Å². The maximum atomic E-state index is 9.77. The first-order chi connectivity index (χ1) is 10.0. The van der Waals surface area contributed by atoms with Crippen LogP contribution in [-0.2, 0) is 6.61 Å². The third-order valence-corrected chi connectivity index (χ3v) is 3.01. The lowest BCUT2D eigenvalue weighted by Gasteiger charge is -2.13. The van der Waals surface area contributed by atoms with E-state index in [0.717, 1.165) is 0 Å². The number of nitrogens with zero attached hydrogens (tertiary/aromatic N) is 2. The van der Waals surface area contributed by atoms with Gasteiger partial charge in [-0.2, -0.15) is 4.98 Å². The molecule has 1 aromatic heterocycles. The van der Waals surface area contributed by atoms with Gasteiger partial charge < -0.3 is 19.1 Å². The van der Waals surface area contributed by atoms with Gasteiger partial charge in [0.05, 0.1) is 13.2 Å². The maximum absolute atomic E-state index is 9.77. The van der Waals surface area contributed by atoms with E-state index in [1.165, 1.54) is 0 Å². The third-order valence-electron chi connectivity index (χ3n) is 3.01. The molecular formula is C15H20N2O4. The molecule has 0 bridgehead atoms. The van der Waals surface area contributed by atoms with Crippen LogP contribution in [0.1, 0.15) is 50.1 Å². The van der Waals surface area contributed by atoms with Crippen molar-refractivity contribution >= 4 is 0 Å². The van der Waals surface area contributed by atoms with Crippen molar-refractivity contribution in [3.63, 3.8) is 0 Å². The van der Waals surface area contributed by atoms with E-state index in [9.17, 15) is 5.11 Å². The predicted octanol–water partition coefficient (Wildman–Crippen LogP) is 2.83. The van der Waals surface area contributed by atoms with Gasteiger partial charge in [-0.3, -0.25) is 0 Å². The van der Waals surface area contributed by atoms with Crippen molar-refractivity contribution in [1.29, 1.82) is 0 Å². The molecule has 114 valence electrons. The van der Waals surface area contributed by atoms with Crippen molar-refractivity contribution in [2.45, 2.75) is 39.4 Å². The zero-order valence-electron chi connectivity index (χ0n) is 12.7. The summed E-state index contributed by atoms with van der Waals surface area (Å²) < 4.78 is 16.0. The fourth-order valence-electron chi connectivity index (χ4n) is 1.81. The molecule has 1 atom stereocenters. The monoisotopic (exact) mass is 292 g/mol. The Morgan fingerprint density at radius 3 is 2.62 bits per heavy atom. The van der Waals surface area contributed by atoms with E-state index in [4.69, 9.17) is 14.0 Å². The van der Waals surface area contributed by atoms with E-state index in [-0.39, 0.29) is 12.5 Å². The first kappa shape index (κ1) is 15.3. The summed E-state index contributed by atoms with van der Waals surface area (Å²) in [5.74, 6) is 2.43. The van der Waals surface area contributed by atoms with Crippen LogP contribution >= 0.6 is 0 Å². The summed E-state index contributed by atoms with van der Waals surface area (Å²) in [6, 6.07) is 5.28. The van der Waals surface area contributed by atoms with Gasteiger partial charge in [0.2, 0.25) is 11.7 Å². The lowest BCUT2D eigenvalue weighted by Crippen LogP contribution is -2.03. The van der Waals surface area contributed by atoms with Gasteiger partial charge in [-0.05, 0) is 19.1 Å². The van der Waals surface area contributed by atoms with Gasteiger partial charge in [0.1, 0.15) is 11.5 Å². The van der Waals surface area contributed by atoms with E-state index < -0.39 is 6.10 Å². The van der Waals surface area contributed by atoms with Crippen molar-refractivity contribution in [2.75, 3.05) is 7.11 Å². The minimum atomic E-state index is -0.637. The predicted molar refractivity (Wildman–Crippen MR) is 76.3 cm³/mol. The Kier molecular flexibility index (Phi) is 4.80. The summed E-state index contributed by atoms with van der Waals surface area (Å²) in [7, 11) is 1.58. The molecule has 6 heteroatoms. The number of aliphatic hydroxyl groups excluding tert-OH is 1. The average molecular weight is 292 g/mol. The summed E-state index contributed by atoms with van der Waals surface area (Å²) in [5.41, 5.74) is 0.684. The highest BCUT2D eigenvalue weighted by Gasteiger charge is 2.14. The lowest BCUT2D eigenvalue weighted by atomic mass is 10.1. The SMILES string of the molecule is COc1ccc([C@H](C)O)c(OCc2noc(C(C)C)n2)c1. The fourth-order valence-corrected chi connectivity index (χ4v) is 1.81. The highest BCUT2D eigenvalue weighted by Crippen LogP contribution is 2.30. The molecule has 1 heterocycles. The molecule has 0 amide bonds. The van der Waals surface area contributed by atoms with Crippen LogP contribution in [0, 0.1) is 0 Å². The molecular weight excluding hydrogens is 272 g/mol. The molecule has 21 heavy (non-hydrogen) atoms. The zero-order valence-corrected chi connectivity index (χ0v) is 12.7. The molecule has 0 fully saturated rings. The Balaban J connectivity index is 2.14. The van der Waals surface area contributed by atoms with Gasteiger partial charge in [-0.25, -0.2) is 0 Å². The molecule has 0 aliphatic heterocycles. The molecule has 0 saturated carbocycles. The third kappa shape index (κ3) is 3.72. The van der Waals surface area contributed by atoms with Crippen LogP contribution in [0.15, 0.2) is 22.7 Å². The molecule has 0 unspecified atom stereocenters. The summed E-state index contributed by atoms with van der Waals surface area (Å²) in [6.45, 7) is 5.81. The summed E-state index contributed by atoms with van der Waals surface area (Å²) in [4.78, 5) is 4.25.